The van der Waals surface area contributed by atoms with E-state index in [2.05, 4.69) is 32.0 Å². The van der Waals surface area contributed by atoms with Crippen LogP contribution in [0.2, 0.25) is 5.22 Å². The van der Waals surface area contributed by atoms with Crippen LogP contribution in [0, 0.1) is 13.8 Å². The highest BCUT2D eigenvalue weighted by molar-refractivity contribution is 6.29. The summed E-state index contributed by atoms with van der Waals surface area (Å²) < 4.78 is 5.06. The zero-order valence-electron chi connectivity index (χ0n) is 10.0. The number of hydrogen-bond acceptors (Lipinski definition) is 2. The summed E-state index contributed by atoms with van der Waals surface area (Å²) in [4.78, 5) is 0. The molecule has 0 fully saturated rings. The lowest BCUT2D eigenvalue weighted by Gasteiger charge is -2.13. The molecule has 2 nitrogen and oxygen atoms in total. The van der Waals surface area contributed by atoms with Crippen molar-refractivity contribution in [2.45, 2.75) is 26.3 Å². The number of benzene rings is 1. The van der Waals surface area contributed by atoms with Crippen LogP contribution in [0.25, 0.3) is 0 Å². The first-order chi connectivity index (χ1) is 8.08. The molecule has 3 heteroatoms. The number of nitrogens with two attached hydrogens (primary N) is 1. The minimum Gasteiger partial charge on any atom is -0.453 e. The minimum atomic E-state index is -0.123. The molecule has 0 aliphatic carbocycles. The maximum atomic E-state index is 6.15. The van der Waals surface area contributed by atoms with Crippen LogP contribution in [-0.2, 0) is 6.42 Å². The Morgan fingerprint density at radius 2 is 2.06 bits per heavy atom. The van der Waals surface area contributed by atoms with Crippen molar-refractivity contribution in [3.63, 3.8) is 0 Å². The van der Waals surface area contributed by atoms with Crippen LogP contribution in [0.4, 0.5) is 0 Å². The van der Waals surface area contributed by atoms with E-state index in [1.165, 1.54) is 16.7 Å². The third-order valence-corrected chi connectivity index (χ3v) is 3.30. The molecule has 2 aromatic rings. The van der Waals surface area contributed by atoms with Gasteiger partial charge in [-0.05, 0) is 49.1 Å². The van der Waals surface area contributed by atoms with Gasteiger partial charge in [0.1, 0.15) is 0 Å². The van der Waals surface area contributed by atoms with Crippen LogP contribution in [0.5, 0.6) is 0 Å². The van der Waals surface area contributed by atoms with Gasteiger partial charge in [-0.15, -0.1) is 0 Å². The first-order valence-electron chi connectivity index (χ1n) is 5.62. The Labute approximate surface area is 106 Å². The van der Waals surface area contributed by atoms with Gasteiger partial charge >= 0.3 is 0 Å². The summed E-state index contributed by atoms with van der Waals surface area (Å²) in [5.74, 6) is 0. The summed E-state index contributed by atoms with van der Waals surface area (Å²) in [6, 6.07) is 8.10. The summed E-state index contributed by atoms with van der Waals surface area (Å²) in [6.07, 6.45) is 2.34. The molecule has 0 saturated heterocycles. The van der Waals surface area contributed by atoms with Crippen LogP contribution >= 0.6 is 11.6 Å². The molecule has 0 saturated carbocycles. The van der Waals surface area contributed by atoms with Gasteiger partial charge in [0.2, 0.25) is 0 Å². The first-order valence-corrected chi connectivity index (χ1v) is 6.00. The first kappa shape index (κ1) is 12.2. The normalized spacial score (nSPS) is 12.7. The third kappa shape index (κ3) is 2.71. The highest BCUT2D eigenvalue weighted by atomic mass is 35.5. The van der Waals surface area contributed by atoms with Crippen molar-refractivity contribution in [3.8, 4) is 0 Å². The van der Waals surface area contributed by atoms with Gasteiger partial charge in [-0.2, -0.15) is 0 Å². The van der Waals surface area contributed by atoms with Crippen molar-refractivity contribution in [3.05, 3.63) is 58.0 Å². The Morgan fingerprint density at radius 3 is 2.71 bits per heavy atom. The van der Waals surface area contributed by atoms with Crippen LogP contribution in [0.1, 0.15) is 28.3 Å². The number of hydrogen-bond donors (Lipinski definition) is 1. The topological polar surface area (TPSA) is 39.2 Å². The fraction of sp³-hybridized carbons (Fsp3) is 0.286. The molecule has 90 valence electrons. The van der Waals surface area contributed by atoms with Crippen molar-refractivity contribution in [1.29, 1.82) is 0 Å². The standard InChI is InChI=1S/C14H16ClNO/c1-9-3-4-10(2)11(7-9)8-13(16)12-5-6-17-14(12)15/h3-7,13H,8,16H2,1-2H3. The second-order valence-electron chi connectivity index (χ2n) is 4.39. The zero-order valence-corrected chi connectivity index (χ0v) is 10.8. The lowest BCUT2D eigenvalue weighted by atomic mass is 9.97. The Balaban J connectivity index is 2.21. The number of rotatable bonds is 3. The fourth-order valence-electron chi connectivity index (χ4n) is 1.94. The summed E-state index contributed by atoms with van der Waals surface area (Å²) >= 11 is 5.93. The van der Waals surface area contributed by atoms with Gasteiger partial charge in [0.25, 0.3) is 0 Å². The Bertz CT molecular complexity index is 519. The molecule has 2 N–H and O–H groups in total. The number of furan rings is 1. The smallest absolute Gasteiger partial charge is 0.197 e. The minimum absolute atomic E-state index is 0.123. The lowest BCUT2D eigenvalue weighted by Crippen LogP contribution is -2.13. The van der Waals surface area contributed by atoms with Gasteiger partial charge in [0, 0.05) is 11.6 Å². The van der Waals surface area contributed by atoms with Gasteiger partial charge in [-0.3, -0.25) is 0 Å². The number of aryl methyl sites for hydroxylation is 2. The van der Waals surface area contributed by atoms with Gasteiger partial charge in [-0.1, -0.05) is 23.8 Å². The fourth-order valence-corrected chi connectivity index (χ4v) is 2.19. The van der Waals surface area contributed by atoms with Crippen molar-refractivity contribution in [1.82, 2.24) is 0 Å². The molecule has 1 aromatic heterocycles. The maximum absolute atomic E-state index is 6.15. The van der Waals surface area contributed by atoms with Gasteiger partial charge in [-0.25, -0.2) is 0 Å². The molecule has 1 heterocycles. The molecule has 1 aromatic carbocycles. The molecular formula is C14H16ClNO. The quantitative estimate of drug-likeness (QED) is 0.899. The van der Waals surface area contributed by atoms with E-state index in [4.69, 9.17) is 21.8 Å². The second kappa shape index (κ2) is 4.94. The predicted octanol–water partition coefficient (Wildman–Crippen LogP) is 3.79. The van der Waals surface area contributed by atoms with E-state index in [1.807, 2.05) is 6.07 Å². The SMILES string of the molecule is Cc1ccc(C)c(CC(N)c2ccoc2Cl)c1. The highest BCUT2D eigenvalue weighted by Crippen LogP contribution is 2.26. The average molecular weight is 250 g/mol. The summed E-state index contributed by atoms with van der Waals surface area (Å²) in [5.41, 5.74) is 10.8. The van der Waals surface area contributed by atoms with Crippen LogP contribution < -0.4 is 5.73 Å². The monoisotopic (exact) mass is 249 g/mol. The van der Waals surface area contributed by atoms with E-state index < -0.39 is 0 Å². The lowest BCUT2D eigenvalue weighted by molar-refractivity contribution is 0.560. The molecule has 0 spiro atoms. The molecule has 0 aliphatic heterocycles. The summed E-state index contributed by atoms with van der Waals surface area (Å²) in [5, 5.41) is 0.391. The molecule has 1 atom stereocenters. The van der Waals surface area contributed by atoms with Crippen molar-refractivity contribution >= 4 is 11.6 Å². The van der Waals surface area contributed by atoms with E-state index in [9.17, 15) is 0 Å². The van der Waals surface area contributed by atoms with E-state index in [-0.39, 0.29) is 6.04 Å². The predicted molar refractivity (Wildman–Crippen MR) is 70.3 cm³/mol. The third-order valence-electron chi connectivity index (χ3n) is 2.99. The van der Waals surface area contributed by atoms with E-state index >= 15 is 0 Å². The van der Waals surface area contributed by atoms with Crippen molar-refractivity contribution in [2.75, 3.05) is 0 Å². The van der Waals surface area contributed by atoms with E-state index in [0.717, 1.165) is 12.0 Å². The molecule has 1 unspecified atom stereocenters. The summed E-state index contributed by atoms with van der Waals surface area (Å²) in [7, 11) is 0. The second-order valence-corrected chi connectivity index (χ2v) is 4.73. The largest absolute Gasteiger partial charge is 0.453 e. The Morgan fingerprint density at radius 1 is 1.29 bits per heavy atom. The highest BCUT2D eigenvalue weighted by Gasteiger charge is 2.14. The van der Waals surface area contributed by atoms with Crippen molar-refractivity contribution < 1.29 is 4.42 Å². The van der Waals surface area contributed by atoms with E-state index in [1.54, 1.807) is 6.26 Å². The molecule has 0 aliphatic rings. The van der Waals surface area contributed by atoms with Crippen molar-refractivity contribution in [2.24, 2.45) is 5.73 Å². The van der Waals surface area contributed by atoms with Gasteiger partial charge < -0.3 is 10.2 Å². The Kier molecular flexibility index (Phi) is 3.55. The summed E-state index contributed by atoms with van der Waals surface area (Å²) in [6.45, 7) is 4.18. The molecule has 0 radical (unpaired) electrons. The molecule has 0 bridgehead atoms. The van der Waals surface area contributed by atoms with Crippen LogP contribution in [0.15, 0.2) is 34.9 Å². The average Bonchev–Trinajstić information content (AvgIpc) is 2.70. The molecule has 0 amide bonds. The van der Waals surface area contributed by atoms with Gasteiger partial charge in [0.15, 0.2) is 5.22 Å². The Hall–Kier alpha value is -1.25. The van der Waals surface area contributed by atoms with Crippen LogP contribution in [-0.4, -0.2) is 0 Å². The number of halogens is 1. The van der Waals surface area contributed by atoms with Crippen LogP contribution in [0.3, 0.4) is 0 Å². The molecule has 17 heavy (non-hydrogen) atoms. The van der Waals surface area contributed by atoms with E-state index in [0.29, 0.717) is 5.22 Å². The zero-order chi connectivity index (χ0) is 12.4. The molecule has 2 rings (SSSR count). The molecular weight excluding hydrogens is 234 g/mol. The maximum Gasteiger partial charge on any atom is 0.197 e. The van der Waals surface area contributed by atoms with Gasteiger partial charge in [0.05, 0.1) is 6.26 Å².